The highest BCUT2D eigenvalue weighted by atomic mass is 16.2. The van der Waals surface area contributed by atoms with Gasteiger partial charge in [0, 0.05) is 23.8 Å². The molecular formula is C18H24N2O2. The summed E-state index contributed by atoms with van der Waals surface area (Å²) in [6.07, 6.45) is 6.52. The van der Waals surface area contributed by atoms with Crippen LogP contribution in [0.3, 0.4) is 0 Å². The fraction of sp³-hybridized carbons (Fsp3) is 0.444. The molecule has 0 saturated carbocycles. The summed E-state index contributed by atoms with van der Waals surface area (Å²) in [5, 5.41) is 1.82. The summed E-state index contributed by atoms with van der Waals surface area (Å²) >= 11 is 0. The number of carbonyl (C=O) groups is 2. The molecule has 0 aliphatic carbocycles. The van der Waals surface area contributed by atoms with Crippen molar-refractivity contribution in [1.29, 1.82) is 0 Å². The van der Waals surface area contributed by atoms with Gasteiger partial charge in [-0.15, -0.1) is 0 Å². The van der Waals surface area contributed by atoms with Gasteiger partial charge in [-0.3, -0.25) is 20.0 Å². The molecule has 0 saturated heterocycles. The van der Waals surface area contributed by atoms with E-state index in [0.717, 1.165) is 25.7 Å². The predicted molar refractivity (Wildman–Crippen MR) is 87.1 cm³/mol. The first-order valence-corrected chi connectivity index (χ1v) is 7.97. The Bertz CT molecular complexity index is 551. The van der Waals surface area contributed by atoms with Crippen LogP contribution >= 0.6 is 0 Å². The Labute approximate surface area is 132 Å². The van der Waals surface area contributed by atoms with E-state index in [1.165, 1.54) is 0 Å². The summed E-state index contributed by atoms with van der Waals surface area (Å²) in [7, 11) is 0. The summed E-state index contributed by atoms with van der Waals surface area (Å²) in [5.41, 5.74) is 4.25. The van der Waals surface area contributed by atoms with E-state index in [0.29, 0.717) is 17.6 Å². The van der Waals surface area contributed by atoms with Gasteiger partial charge in [0.25, 0.3) is 5.91 Å². The van der Waals surface area contributed by atoms with Crippen LogP contribution in [0.4, 0.5) is 0 Å². The Morgan fingerprint density at radius 1 is 1.27 bits per heavy atom. The molecule has 4 nitrogen and oxygen atoms in total. The SMILES string of the molecule is CCCCCC1CC(=O)C(C)=CN1NC(=O)c1ccccc1. The maximum atomic E-state index is 12.3. The highest BCUT2D eigenvalue weighted by Gasteiger charge is 2.26. The molecule has 0 bridgehead atoms. The lowest BCUT2D eigenvalue weighted by atomic mass is 9.96. The number of carbonyl (C=O) groups excluding carboxylic acids is 2. The number of allylic oxidation sites excluding steroid dienone is 1. The Morgan fingerprint density at radius 2 is 2.00 bits per heavy atom. The zero-order valence-electron chi connectivity index (χ0n) is 13.3. The van der Waals surface area contributed by atoms with Crippen molar-refractivity contribution in [2.24, 2.45) is 0 Å². The molecule has 1 aromatic rings. The highest BCUT2D eigenvalue weighted by molar-refractivity contribution is 5.96. The van der Waals surface area contributed by atoms with Crippen LogP contribution in [0.15, 0.2) is 42.1 Å². The van der Waals surface area contributed by atoms with Crippen molar-refractivity contribution in [3.05, 3.63) is 47.7 Å². The fourth-order valence-corrected chi connectivity index (χ4v) is 2.63. The number of amides is 1. The van der Waals surface area contributed by atoms with Crippen LogP contribution in [0.1, 0.15) is 56.3 Å². The van der Waals surface area contributed by atoms with Gasteiger partial charge in [-0.25, -0.2) is 0 Å². The first kappa shape index (κ1) is 16.3. The van der Waals surface area contributed by atoms with Crippen LogP contribution < -0.4 is 5.43 Å². The first-order chi connectivity index (χ1) is 10.6. The molecule has 1 amide bonds. The molecule has 0 fully saturated rings. The largest absolute Gasteiger partial charge is 0.294 e. The minimum atomic E-state index is -0.139. The summed E-state index contributed by atoms with van der Waals surface area (Å²) in [5.74, 6) is 0.0335. The molecule has 22 heavy (non-hydrogen) atoms. The van der Waals surface area contributed by atoms with Crippen LogP contribution in [0, 0.1) is 0 Å². The van der Waals surface area contributed by atoms with Crippen molar-refractivity contribution in [3.8, 4) is 0 Å². The first-order valence-electron chi connectivity index (χ1n) is 7.97. The molecule has 1 atom stereocenters. The second-order valence-corrected chi connectivity index (χ2v) is 5.80. The smallest absolute Gasteiger partial charge is 0.269 e. The molecule has 0 radical (unpaired) electrons. The lowest BCUT2D eigenvalue weighted by Crippen LogP contribution is -2.48. The number of benzene rings is 1. The third kappa shape index (κ3) is 4.20. The van der Waals surface area contributed by atoms with Gasteiger partial charge < -0.3 is 0 Å². The number of hydrogen-bond acceptors (Lipinski definition) is 3. The molecule has 2 rings (SSSR count). The van der Waals surface area contributed by atoms with Gasteiger partial charge in [0.1, 0.15) is 0 Å². The Hall–Kier alpha value is -2.10. The van der Waals surface area contributed by atoms with Crippen LogP contribution in [0.2, 0.25) is 0 Å². The van der Waals surface area contributed by atoms with Crippen molar-refractivity contribution in [1.82, 2.24) is 10.4 Å². The summed E-state index contributed by atoms with van der Waals surface area (Å²) < 4.78 is 0. The number of nitrogens with one attached hydrogen (secondary N) is 1. The maximum Gasteiger partial charge on any atom is 0.269 e. The third-order valence-corrected chi connectivity index (χ3v) is 3.99. The minimum absolute atomic E-state index is 0.0513. The van der Waals surface area contributed by atoms with E-state index in [1.54, 1.807) is 25.3 Å². The molecule has 1 aromatic carbocycles. The number of rotatable bonds is 6. The summed E-state index contributed by atoms with van der Waals surface area (Å²) in [6.45, 7) is 3.96. The van der Waals surface area contributed by atoms with Gasteiger partial charge >= 0.3 is 0 Å². The van der Waals surface area contributed by atoms with E-state index >= 15 is 0 Å². The van der Waals surface area contributed by atoms with E-state index in [2.05, 4.69) is 12.3 Å². The maximum absolute atomic E-state index is 12.3. The Morgan fingerprint density at radius 3 is 2.68 bits per heavy atom. The predicted octanol–water partition coefficient (Wildman–Crippen LogP) is 3.46. The molecule has 1 aliphatic rings. The van der Waals surface area contributed by atoms with E-state index in [-0.39, 0.29) is 17.7 Å². The Kier molecular flexibility index (Phi) is 5.75. The zero-order chi connectivity index (χ0) is 15.9. The quantitative estimate of drug-likeness (QED) is 0.819. The molecular weight excluding hydrogens is 276 g/mol. The molecule has 118 valence electrons. The standard InChI is InChI=1S/C18H24N2O2/c1-3-4-6-11-16-12-17(21)14(2)13-20(16)19-18(22)15-9-7-5-8-10-15/h5,7-10,13,16H,3-4,6,11-12H2,1-2H3,(H,19,22). The van der Waals surface area contributed by atoms with Gasteiger partial charge in [-0.2, -0.15) is 0 Å². The molecule has 0 aromatic heterocycles. The number of ketones is 1. The second-order valence-electron chi connectivity index (χ2n) is 5.80. The minimum Gasteiger partial charge on any atom is -0.294 e. The van der Waals surface area contributed by atoms with E-state index in [4.69, 9.17) is 0 Å². The van der Waals surface area contributed by atoms with Crippen LogP contribution in [0.25, 0.3) is 0 Å². The average molecular weight is 300 g/mol. The van der Waals surface area contributed by atoms with Gasteiger partial charge in [-0.1, -0.05) is 44.4 Å². The molecule has 1 unspecified atom stereocenters. The van der Waals surface area contributed by atoms with Crippen LogP contribution in [-0.2, 0) is 4.79 Å². The zero-order valence-corrected chi connectivity index (χ0v) is 13.3. The molecule has 4 heteroatoms. The van der Waals surface area contributed by atoms with E-state index in [1.807, 2.05) is 23.2 Å². The average Bonchev–Trinajstić information content (AvgIpc) is 2.53. The molecule has 0 spiro atoms. The number of Topliss-reactive ketones (excluding diaryl/α,β-unsaturated/α-hetero) is 1. The van der Waals surface area contributed by atoms with Gasteiger partial charge in [0.2, 0.25) is 0 Å². The van der Waals surface area contributed by atoms with Crippen LogP contribution in [0.5, 0.6) is 0 Å². The second kappa shape index (κ2) is 7.78. The van der Waals surface area contributed by atoms with Gasteiger partial charge in [0.15, 0.2) is 5.78 Å². The topological polar surface area (TPSA) is 49.4 Å². The molecule has 1 aliphatic heterocycles. The highest BCUT2D eigenvalue weighted by Crippen LogP contribution is 2.21. The van der Waals surface area contributed by atoms with Crippen molar-refractivity contribution in [2.75, 3.05) is 0 Å². The number of hydrazine groups is 1. The van der Waals surface area contributed by atoms with Gasteiger partial charge in [0.05, 0.1) is 6.04 Å². The van der Waals surface area contributed by atoms with E-state index in [9.17, 15) is 9.59 Å². The monoisotopic (exact) mass is 300 g/mol. The van der Waals surface area contributed by atoms with Crippen molar-refractivity contribution in [3.63, 3.8) is 0 Å². The number of hydrogen-bond donors (Lipinski definition) is 1. The van der Waals surface area contributed by atoms with Crippen LogP contribution in [-0.4, -0.2) is 22.7 Å². The Balaban J connectivity index is 2.06. The van der Waals surface area contributed by atoms with Crippen molar-refractivity contribution >= 4 is 11.7 Å². The molecule has 1 heterocycles. The number of unbranched alkanes of at least 4 members (excludes halogenated alkanes) is 2. The van der Waals surface area contributed by atoms with Crippen molar-refractivity contribution in [2.45, 2.75) is 52.0 Å². The summed E-state index contributed by atoms with van der Waals surface area (Å²) in [4.78, 5) is 24.2. The lowest BCUT2D eigenvalue weighted by molar-refractivity contribution is -0.117. The molecule has 1 N–H and O–H groups in total. The summed E-state index contributed by atoms with van der Waals surface area (Å²) in [6, 6.07) is 9.19. The normalized spacial score (nSPS) is 18.1. The fourth-order valence-electron chi connectivity index (χ4n) is 2.63. The number of nitrogens with zero attached hydrogens (tertiary/aromatic N) is 1. The van der Waals surface area contributed by atoms with Crippen molar-refractivity contribution < 1.29 is 9.59 Å². The van der Waals surface area contributed by atoms with E-state index < -0.39 is 0 Å². The lowest BCUT2D eigenvalue weighted by Gasteiger charge is -2.34. The van der Waals surface area contributed by atoms with Gasteiger partial charge in [-0.05, 0) is 25.5 Å². The third-order valence-electron chi connectivity index (χ3n) is 3.99.